The van der Waals surface area contributed by atoms with E-state index in [1.807, 2.05) is 11.9 Å². The van der Waals surface area contributed by atoms with E-state index in [1.54, 1.807) is 0 Å². The molecule has 0 radical (unpaired) electrons. The maximum Gasteiger partial charge on any atom is 0.222 e. The van der Waals surface area contributed by atoms with Crippen molar-refractivity contribution in [1.29, 1.82) is 0 Å². The van der Waals surface area contributed by atoms with E-state index in [0.717, 1.165) is 25.9 Å². The van der Waals surface area contributed by atoms with E-state index < -0.39 is 0 Å². The Balaban J connectivity index is 1.72. The lowest BCUT2D eigenvalue weighted by Gasteiger charge is -2.36. The quantitative estimate of drug-likeness (QED) is 0.837. The first-order valence-corrected chi connectivity index (χ1v) is 7.84. The third kappa shape index (κ3) is 4.46. The molecule has 4 nitrogen and oxygen atoms in total. The number of likely N-dealkylation sites (N-methyl/N-ethyl adjacent to an activating group) is 2. The molecule has 0 aromatic heterocycles. The molecule has 2 aliphatic rings. The summed E-state index contributed by atoms with van der Waals surface area (Å²) in [5.74, 6) is 0.327. The number of carbonyl (C=O) groups is 1. The van der Waals surface area contributed by atoms with E-state index in [4.69, 9.17) is 0 Å². The molecule has 2 fully saturated rings. The van der Waals surface area contributed by atoms with Gasteiger partial charge >= 0.3 is 0 Å². The van der Waals surface area contributed by atoms with Crippen LogP contribution < -0.4 is 5.32 Å². The number of nitrogens with zero attached hydrogens (tertiary/aromatic N) is 2. The van der Waals surface area contributed by atoms with E-state index >= 15 is 0 Å². The molecule has 1 amide bonds. The van der Waals surface area contributed by atoms with E-state index in [0.29, 0.717) is 24.4 Å². The van der Waals surface area contributed by atoms with E-state index in [9.17, 15) is 4.79 Å². The Morgan fingerprint density at radius 3 is 2.84 bits per heavy atom. The summed E-state index contributed by atoms with van der Waals surface area (Å²) in [6.45, 7) is 3.33. The summed E-state index contributed by atoms with van der Waals surface area (Å²) < 4.78 is 0. The minimum atomic E-state index is 0.327. The van der Waals surface area contributed by atoms with Gasteiger partial charge in [0.25, 0.3) is 0 Å². The van der Waals surface area contributed by atoms with E-state index in [-0.39, 0.29) is 0 Å². The van der Waals surface area contributed by atoms with Crippen molar-refractivity contribution in [2.75, 3.05) is 33.7 Å². The number of piperidine rings is 2. The van der Waals surface area contributed by atoms with Gasteiger partial charge in [0.2, 0.25) is 5.91 Å². The molecule has 2 aliphatic heterocycles. The van der Waals surface area contributed by atoms with Gasteiger partial charge < -0.3 is 15.1 Å². The molecule has 0 aliphatic carbocycles. The van der Waals surface area contributed by atoms with Crippen LogP contribution in [0.4, 0.5) is 0 Å². The van der Waals surface area contributed by atoms with Crippen molar-refractivity contribution in [2.45, 2.75) is 57.0 Å². The van der Waals surface area contributed by atoms with Gasteiger partial charge in [-0.3, -0.25) is 4.79 Å². The number of hydrogen-bond donors (Lipinski definition) is 1. The van der Waals surface area contributed by atoms with Gasteiger partial charge in [0.15, 0.2) is 0 Å². The molecule has 0 saturated carbocycles. The van der Waals surface area contributed by atoms with Crippen molar-refractivity contribution in [3.05, 3.63) is 0 Å². The number of carbonyl (C=O) groups excluding carboxylic acids is 1. The molecule has 2 atom stereocenters. The van der Waals surface area contributed by atoms with Gasteiger partial charge in [-0.15, -0.1) is 0 Å². The lowest BCUT2D eigenvalue weighted by atomic mass is 9.99. The largest absolute Gasteiger partial charge is 0.341 e. The highest BCUT2D eigenvalue weighted by Crippen LogP contribution is 2.16. The maximum atomic E-state index is 12.3. The van der Waals surface area contributed by atoms with Crippen LogP contribution in [-0.4, -0.2) is 61.5 Å². The molecule has 0 aromatic rings. The Morgan fingerprint density at radius 2 is 2.16 bits per heavy atom. The van der Waals surface area contributed by atoms with Gasteiger partial charge in [-0.2, -0.15) is 0 Å². The molecule has 2 unspecified atom stereocenters. The van der Waals surface area contributed by atoms with Crippen LogP contribution >= 0.6 is 0 Å². The van der Waals surface area contributed by atoms with Crippen LogP contribution in [0, 0.1) is 0 Å². The second kappa shape index (κ2) is 7.25. The van der Waals surface area contributed by atoms with E-state index in [1.165, 1.54) is 32.2 Å². The van der Waals surface area contributed by atoms with Crippen LogP contribution in [0.25, 0.3) is 0 Å². The Hall–Kier alpha value is -0.610. The first-order valence-electron chi connectivity index (χ1n) is 7.84. The van der Waals surface area contributed by atoms with Crippen LogP contribution in [0.3, 0.4) is 0 Å². The third-order valence-electron chi connectivity index (χ3n) is 4.66. The highest BCUT2D eigenvalue weighted by atomic mass is 16.2. The Labute approximate surface area is 117 Å². The predicted octanol–water partition coefficient (Wildman–Crippen LogP) is 1.46. The average Bonchev–Trinajstić information content (AvgIpc) is 2.45. The highest BCUT2D eigenvalue weighted by molar-refractivity contribution is 5.76. The van der Waals surface area contributed by atoms with Crippen molar-refractivity contribution >= 4 is 5.91 Å². The molecule has 2 rings (SSSR count). The summed E-state index contributed by atoms with van der Waals surface area (Å²) in [7, 11) is 4.14. The molecule has 110 valence electrons. The molecular weight excluding hydrogens is 238 g/mol. The van der Waals surface area contributed by atoms with E-state index in [2.05, 4.69) is 17.3 Å². The van der Waals surface area contributed by atoms with Gasteiger partial charge in [0, 0.05) is 32.1 Å². The summed E-state index contributed by atoms with van der Waals surface area (Å²) in [6.07, 6.45) is 7.92. The monoisotopic (exact) mass is 267 g/mol. The fraction of sp³-hybridized carbons (Fsp3) is 0.933. The highest BCUT2D eigenvalue weighted by Gasteiger charge is 2.24. The fourth-order valence-electron chi connectivity index (χ4n) is 3.30. The number of nitrogens with one attached hydrogen (secondary N) is 1. The molecule has 4 heteroatoms. The molecular formula is C15H29N3O. The summed E-state index contributed by atoms with van der Waals surface area (Å²) in [5.41, 5.74) is 0. The van der Waals surface area contributed by atoms with Gasteiger partial charge in [-0.25, -0.2) is 0 Å². The first kappa shape index (κ1) is 14.8. The second-order valence-electron chi connectivity index (χ2n) is 6.25. The normalized spacial score (nSPS) is 29.2. The minimum absolute atomic E-state index is 0.327. The average molecular weight is 267 g/mol. The second-order valence-corrected chi connectivity index (χ2v) is 6.25. The summed E-state index contributed by atoms with van der Waals surface area (Å²) in [6, 6.07) is 0.991. The van der Waals surface area contributed by atoms with Crippen LogP contribution in [-0.2, 0) is 4.79 Å². The van der Waals surface area contributed by atoms with Gasteiger partial charge in [-0.1, -0.05) is 6.42 Å². The van der Waals surface area contributed by atoms with Crippen LogP contribution in [0.15, 0.2) is 0 Å². The topological polar surface area (TPSA) is 35.6 Å². The van der Waals surface area contributed by atoms with Crippen LogP contribution in [0.2, 0.25) is 0 Å². The van der Waals surface area contributed by atoms with Gasteiger partial charge in [0.05, 0.1) is 0 Å². The Kier molecular flexibility index (Phi) is 5.64. The molecule has 19 heavy (non-hydrogen) atoms. The molecule has 0 spiro atoms. The summed E-state index contributed by atoms with van der Waals surface area (Å²) >= 11 is 0. The maximum absolute atomic E-state index is 12.3. The minimum Gasteiger partial charge on any atom is -0.341 e. The third-order valence-corrected chi connectivity index (χ3v) is 4.66. The van der Waals surface area contributed by atoms with Crippen molar-refractivity contribution < 1.29 is 4.79 Å². The fourth-order valence-corrected chi connectivity index (χ4v) is 3.30. The molecule has 0 bridgehead atoms. The standard InChI is InChI=1S/C15H29N3O/c1-17-11-5-7-14(12-17)18(2)15(19)9-8-13-6-3-4-10-16-13/h13-14,16H,3-12H2,1-2H3. The van der Waals surface area contributed by atoms with Gasteiger partial charge in [-0.05, 0) is 52.2 Å². The summed E-state index contributed by atoms with van der Waals surface area (Å²) in [5, 5.41) is 3.52. The van der Waals surface area contributed by atoms with Crippen molar-refractivity contribution in [3.63, 3.8) is 0 Å². The molecule has 2 heterocycles. The summed E-state index contributed by atoms with van der Waals surface area (Å²) in [4.78, 5) is 16.6. The predicted molar refractivity (Wildman–Crippen MR) is 78.2 cm³/mol. The molecule has 0 aromatic carbocycles. The lowest BCUT2D eigenvalue weighted by molar-refractivity contribution is -0.133. The zero-order valence-electron chi connectivity index (χ0n) is 12.5. The number of likely N-dealkylation sites (tertiary alicyclic amines) is 1. The zero-order chi connectivity index (χ0) is 13.7. The zero-order valence-corrected chi connectivity index (χ0v) is 12.5. The SMILES string of the molecule is CN1CCCC(N(C)C(=O)CCC2CCCCN2)C1. The number of amides is 1. The van der Waals surface area contributed by atoms with Crippen LogP contribution in [0.5, 0.6) is 0 Å². The first-order chi connectivity index (χ1) is 9.16. The van der Waals surface area contributed by atoms with Crippen molar-refractivity contribution in [2.24, 2.45) is 0 Å². The number of rotatable bonds is 4. The molecule has 1 N–H and O–H groups in total. The smallest absolute Gasteiger partial charge is 0.222 e. The Morgan fingerprint density at radius 1 is 1.32 bits per heavy atom. The number of hydrogen-bond acceptors (Lipinski definition) is 3. The lowest BCUT2D eigenvalue weighted by Crippen LogP contribution is -2.47. The van der Waals surface area contributed by atoms with Crippen LogP contribution in [0.1, 0.15) is 44.9 Å². The molecule has 2 saturated heterocycles. The van der Waals surface area contributed by atoms with Gasteiger partial charge in [0.1, 0.15) is 0 Å². The van der Waals surface area contributed by atoms with Crippen molar-refractivity contribution in [1.82, 2.24) is 15.1 Å². The Bertz CT molecular complexity index is 289. The van der Waals surface area contributed by atoms with Crippen molar-refractivity contribution in [3.8, 4) is 0 Å².